The van der Waals surface area contributed by atoms with Crippen LogP contribution in [0.15, 0.2) is 33.6 Å². The quantitative estimate of drug-likeness (QED) is 0.708. The Bertz CT molecular complexity index is 924. The third-order valence-electron chi connectivity index (χ3n) is 5.43. The highest BCUT2D eigenvalue weighted by Crippen LogP contribution is 2.24. The van der Waals surface area contributed by atoms with Gasteiger partial charge in [0.1, 0.15) is 17.1 Å². The van der Waals surface area contributed by atoms with E-state index in [9.17, 15) is 9.59 Å². The van der Waals surface area contributed by atoms with Crippen molar-refractivity contribution in [2.24, 2.45) is 0 Å². The molecular weight excluding hydrogens is 443 g/mol. The Kier molecular flexibility index (Phi) is 9.31. The number of nitrogens with one attached hydrogen (secondary N) is 2. The summed E-state index contributed by atoms with van der Waals surface area (Å²) in [4.78, 5) is 31.8. The molecule has 2 N–H and O–H groups in total. The maximum atomic E-state index is 12.7. The van der Waals surface area contributed by atoms with E-state index in [0.717, 1.165) is 44.8 Å². The van der Waals surface area contributed by atoms with Gasteiger partial charge in [0.15, 0.2) is 0 Å². The van der Waals surface area contributed by atoms with Crippen molar-refractivity contribution in [1.29, 1.82) is 0 Å². The van der Waals surface area contributed by atoms with Gasteiger partial charge >= 0.3 is 5.63 Å². The molecule has 2 aliphatic rings. The molecule has 1 amide bonds. The number of carbonyl (C=O) groups excluding carboxylic acids is 1. The lowest BCUT2D eigenvalue weighted by atomic mass is 9.95. The van der Waals surface area contributed by atoms with Crippen LogP contribution < -0.4 is 21.2 Å². The Balaban J connectivity index is 0.00000171. The topological polar surface area (TPSA) is 96.7 Å². The Morgan fingerprint density at radius 2 is 2.03 bits per heavy atom. The van der Waals surface area contributed by atoms with Gasteiger partial charge < -0.3 is 24.7 Å². The summed E-state index contributed by atoms with van der Waals surface area (Å²) in [7, 11) is 0. The van der Waals surface area contributed by atoms with Crippen molar-refractivity contribution in [3.05, 3.63) is 51.7 Å². The molecule has 2 aromatic heterocycles. The molecule has 10 heteroatoms. The Morgan fingerprint density at radius 1 is 1.26 bits per heavy atom. The standard InChI is InChI=1S/C21H26N4O4.2ClH/c1-14-11-17(15-3-2-6-22-12-15)29-21(27)19(14)20(26)24-16-4-5-18(23-13-16)25-7-9-28-10-8-25;;/h4-5,11,13,15,22H,2-3,6-10,12H2,1H3,(H,24,26);2*1H. The summed E-state index contributed by atoms with van der Waals surface area (Å²) in [6.45, 7) is 6.49. The number of rotatable bonds is 4. The van der Waals surface area contributed by atoms with E-state index in [-0.39, 0.29) is 36.3 Å². The Hall–Kier alpha value is -2.13. The van der Waals surface area contributed by atoms with Crippen LogP contribution in [-0.2, 0) is 4.74 Å². The number of hydrogen-bond acceptors (Lipinski definition) is 7. The first-order valence-corrected chi connectivity index (χ1v) is 10.1. The zero-order valence-corrected chi connectivity index (χ0v) is 19.0. The van der Waals surface area contributed by atoms with Crippen molar-refractivity contribution < 1.29 is 13.9 Å². The fourth-order valence-electron chi connectivity index (χ4n) is 3.83. The number of nitrogens with zero attached hydrogens (tertiary/aromatic N) is 2. The number of aryl methyl sites for hydroxylation is 1. The van der Waals surface area contributed by atoms with Gasteiger partial charge in [-0.3, -0.25) is 4.79 Å². The van der Waals surface area contributed by atoms with E-state index >= 15 is 0 Å². The maximum absolute atomic E-state index is 12.7. The summed E-state index contributed by atoms with van der Waals surface area (Å²) in [5, 5.41) is 6.06. The number of halogens is 2. The number of ether oxygens (including phenoxy) is 1. The van der Waals surface area contributed by atoms with Gasteiger partial charge in [-0.1, -0.05) is 0 Å². The molecule has 2 saturated heterocycles. The number of carbonyl (C=O) groups is 1. The Labute approximate surface area is 193 Å². The highest BCUT2D eigenvalue weighted by atomic mass is 35.5. The number of hydrogen-bond donors (Lipinski definition) is 2. The molecular formula is C21H28Cl2N4O4. The highest BCUT2D eigenvalue weighted by molar-refractivity contribution is 6.04. The van der Waals surface area contributed by atoms with E-state index in [1.54, 1.807) is 19.2 Å². The summed E-state index contributed by atoms with van der Waals surface area (Å²) in [6.07, 6.45) is 3.62. The van der Waals surface area contributed by atoms with Crippen molar-refractivity contribution in [1.82, 2.24) is 10.3 Å². The van der Waals surface area contributed by atoms with Crippen molar-refractivity contribution in [2.75, 3.05) is 49.6 Å². The minimum absolute atomic E-state index is 0. The molecule has 4 rings (SSSR count). The predicted octanol–water partition coefficient (Wildman–Crippen LogP) is 2.74. The summed E-state index contributed by atoms with van der Waals surface area (Å²) in [6, 6.07) is 5.46. The molecule has 8 nitrogen and oxygen atoms in total. The summed E-state index contributed by atoms with van der Waals surface area (Å²) in [5.41, 5.74) is 0.597. The number of aromatic nitrogens is 1. The Morgan fingerprint density at radius 3 is 2.65 bits per heavy atom. The van der Waals surface area contributed by atoms with Gasteiger partial charge in [-0.15, -0.1) is 24.8 Å². The zero-order valence-electron chi connectivity index (χ0n) is 17.4. The minimum Gasteiger partial charge on any atom is -0.427 e. The molecule has 2 fully saturated rings. The van der Waals surface area contributed by atoms with Gasteiger partial charge in [-0.25, -0.2) is 9.78 Å². The van der Waals surface area contributed by atoms with Crippen molar-refractivity contribution >= 4 is 42.2 Å². The van der Waals surface area contributed by atoms with Crippen molar-refractivity contribution in [3.63, 3.8) is 0 Å². The van der Waals surface area contributed by atoms with Gasteiger partial charge in [0.2, 0.25) is 0 Å². The monoisotopic (exact) mass is 470 g/mol. The van der Waals surface area contributed by atoms with Gasteiger partial charge in [-0.2, -0.15) is 0 Å². The van der Waals surface area contributed by atoms with Crippen LogP contribution in [0.4, 0.5) is 11.5 Å². The van der Waals surface area contributed by atoms with Gasteiger partial charge in [0.05, 0.1) is 25.1 Å². The lowest BCUT2D eigenvalue weighted by molar-refractivity contribution is 0.102. The molecule has 2 aromatic rings. The summed E-state index contributed by atoms with van der Waals surface area (Å²) in [5.74, 6) is 1.18. The third kappa shape index (κ3) is 5.98. The first-order valence-electron chi connectivity index (χ1n) is 10.1. The number of morpholine rings is 1. The molecule has 0 bridgehead atoms. The second-order valence-electron chi connectivity index (χ2n) is 7.50. The average molecular weight is 471 g/mol. The third-order valence-corrected chi connectivity index (χ3v) is 5.43. The smallest absolute Gasteiger partial charge is 0.349 e. The van der Waals surface area contributed by atoms with E-state index in [1.807, 2.05) is 12.1 Å². The number of anilines is 2. The molecule has 0 spiro atoms. The summed E-state index contributed by atoms with van der Waals surface area (Å²) >= 11 is 0. The molecule has 170 valence electrons. The largest absolute Gasteiger partial charge is 0.427 e. The molecule has 0 aliphatic carbocycles. The second-order valence-corrected chi connectivity index (χ2v) is 7.50. The van der Waals surface area contributed by atoms with Crippen molar-refractivity contribution in [2.45, 2.75) is 25.7 Å². The molecule has 0 saturated carbocycles. The lowest BCUT2D eigenvalue weighted by Crippen LogP contribution is -2.36. The average Bonchev–Trinajstić information content (AvgIpc) is 2.75. The van der Waals surface area contributed by atoms with E-state index in [2.05, 4.69) is 20.5 Å². The number of pyridine rings is 1. The normalized spacial score (nSPS) is 18.5. The lowest BCUT2D eigenvalue weighted by Gasteiger charge is -2.27. The second kappa shape index (κ2) is 11.5. The van der Waals surface area contributed by atoms with Crippen molar-refractivity contribution in [3.8, 4) is 0 Å². The first kappa shape index (κ1) is 25.1. The fourth-order valence-corrected chi connectivity index (χ4v) is 3.83. The molecule has 2 aliphatic heterocycles. The van der Waals surface area contributed by atoms with Crippen LogP contribution in [0, 0.1) is 6.92 Å². The van der Waals surface area contributed by atoms with Crippen LogP contribution in [0.25, 0.3) is 0 Å². The van der Waals surface area contributed by atoms with Gasteiger partial charge in [-0.05, 0) is 50.1 Å². The fraction of sp³-hybridized carbons (Fsp3) is 0.476. The van der Waals surface area contributed by atoms with E-state index in [0.29, 0.717) is 30.2 Å². The van der Waals surface area contributed by atoms with Crippen LogP contribution >= 0.6 is 24.8 Å². The molecule has 1 unspecified atom stereocenters. The number of amides is 1. The van der Waals surface area contributed by atoms with Crippen LogP contribution in [-0.4, -0.2) is 50.3 Å². The number of piperidine rings is 1. The van der Waals surface area contributed by atoms with E-state index in [4.69, 9.17) is 9.15 Å². The zero-order chi connectivity index (χ0) is 20.2. The van der Waals surface area contributed by atoms with Gasteiger partial charge in [0, 0.05) is 25.6 Å². The maximum Gasteiger partial charge on any atom is 0.349 e. The van der Waals surface area contributed by atoms with E-state index < -0.39 is 11.5 Å². The molecule has 0 aromatic carbocycles. The molecule has 31 heavy (non-hydrogen) atoms. The van der Waals surface area contributed by atoms with Crippen LogP contribution in [0.5, 0.6) is 0 Å². The molecule has 4 heterocycles. The molecule has 1 atom stereocenters. The van der Waals surface area contributed by atoms with E-state index in [1.165, 1.54) is 0 Å². The van der Waals surface area contributed by atoms with Crippen LogP contribution in [0.3, 0.4) is 0 Å². The summed E-state index contributed by atoms with van der Waals surface area (Å²) < 4.78 is 10.8. The SMILES string of the molecule is Cc1cc(C2CCCNC2)oc(=O)c1C(=O)Nc1ccc(N2CCOCC2)nc1.Cl.Cl. The minimum atomic E-state index is -0.596. The van der Waals surface area contributed by atoms with Gasteiger partial charge in [0.25, 0.3) is 5.91 Å². The first-order chi connectivity index (χ1) is 14.1. The predicted molar refractivity (Wildman–Crippen MR) is 124 cm³/mol. The highest BCUT2D eigenvalue weighted by Gasteiger charge is 2.22. The van der Waals surface area contributed by atoms with Crippen LogP contribution in [0.1, 0.15) is 40.4 Å². The van der Waals surface area contributed by atoms with Crippen LogP contribution in [0.2, 0.25) is 0 Å². The molecule has 0 radical (unpaired) electrons.